The minimum absolute atomic E-state index is 0.726. The summed E-state index contributed by atoms with van der Waals surface area (Å²) in [6.07, 6.45) is 0. The third-order valence-electron chi connectivity index (χ3n) is 4.76. The lowest BCUT2D eigenvalue weighted by Crippen LogP contribution is -1.99. The highest BCUT2D eigenvalue weighted by Crippen LogP contribution is 2.35. The van der Waals surface area contributed by atoms with Gasteiger partial charge in [-0.3, -0.25) is 0 Å². The molecule has 3 aromatic heterocycles. The van der Waals surface area contributed by atoms with Gasteiger partial charge in [-0.25, -0.2) is 4.98 Å². The molecule has 30 heavy (non-hydrogen) atoms. The van der Waals surface area contributed by atoms with Crippen LogP contribution in [0.1, 0.15) is 12.6 Å². The molecule has 0 fully saturated rings. The molecule has 0 saturated carbocycles. The predicted octanol–water partition coefficient (Wildman–Crippen LogP) is 7.25. The molecule has 0 atom stereocenters. The summed E-state index contributed by atoms with van der Waals surface area (Å²) >= 11 is 11.3. The number of thiazole rings is 1. The second-order valence-corrected chi connectivity index (χ2v) is 9.73. The summed E-state index contributed by atoms with van der Waals surface area (Å²) in [6.45, 7) is 2.95. The Labute approximate surface area is 191 Å². The Morgan fingerprint density at radius 1 is 0.967 bits per heavy atom. The van der Waals surface area contributed by atoms with Gasteiger partial charge >= 0.3 is 0 Å². The number of thiophene rings is 1. The van der Waals surface area contributed by atoms with Gasteiger partial charge in [0.15, 0.2) is 11.0 Å². The van der Waals surface area contributed by atoms with Crippen LogP contribution in [0.15, 0.2) is 64.4 Å². The minimum Gasteiger partial charge on any atom is -0.302 e. The maximum Gasteiger partial charge on any atom is 0.191 e. The number of thioether (sulfide) groups is 1. The van der Waals surface area contributed by atoms with Crippen molar-refractivity contribution in [1.82, 2.24) is 19.7 Å². The Morgan fingerprint density at radius 3 is 2.67 bits per heavy atom. The molecule has 4 nitrogen and oxygen atoms in total. The highest BCUT2D eigenvalue weighted by atomic mass is 35.5. The Balaban J connectivity index is 1.38. The van der Waals surface area contributed by atoms with Crippen molar-refractivity contribution in [3.8, 4) is 22.0 Å². The topological polar surface area (TPSA) is 43.6 Å². The quantitative estimate of drug-likeness (QED) is 0.246. The largest absolute Gasteiger partial charge is 0.302 e. The fraction of sp³-hybridized carbons (Fsp3) is 0.136. The van der Waals surface area contributed by atoms with E-state index in [9.17, 15) is 0 Å². The number of aromatic nitrogens is 4. The average Bonchev–Trinajstić information content (AvgIpc) is 3.50. The predicted molar refractivity (Wildman–Crippen MR) is 129 cm³/mol. The smallest absolute Gasteiger partial charge is 0.191 e. The van der Waals surface area contributed by atoms with Gasteiger partial charge in [0, 0.05) is 44.3 Å². The fourth-order valence-corrected chi connectivity index (χ4v) is 6.38. The number of fused-ring (bicyclic) bond motifs is 1. The monoisotopic (exact) mass is 468 g/mol. The van der Waals surface area contributed by atoms with Crippen molar-refractivity contribution in [1.29, 1.82) is 0 Å². The molecule has 3 heterocycles. The van der Waals surface area contributed by atoms with Crippen LogP contribution in [-0.2, 0) is 12.3 Å². The highest BCUT2D eigenvalue weighted by molar-refractivity contribution is 7.98. The second kappa shape index (κ2) is 8.51. The van der Waals surface area contributed by atoms with Gasteiger partial charge in [0.1, 0.15) is 5.01 Å². The highest BCUT2D eigenvalue weighted by Gasteiger charge is 2.17. The molecule has 0 radical (unpaired) electrons. The van der Waals surface area contributed by atoms with Crippen LogP contribution in [0, 0.1) is 0 Å². The lowest BCUT2D eigenvalue weighted by Gasteiger charge is -2.06. The Bertz CT molecular complexity index is 1320. The van der Waals surface area contributed by atoms with Crippen molar-refractivity contribution < 1.29 is 0 Å². The van der Waals surface area contributed by atoms with Gasteiger partial charge in [-0.2, -0.15) is 0 Å². The molecule has 0 aliphatic heterocycles. The van der Waals surface area contributed by atoms with Crippen LogP contribution >= 0.6 is 46.0 Å². The van der Waals surface area contributed by atoms with E-state index in [-0.39, 0.29) is 0 Å². The molecule has 0 aliphatic carbocycles. The SMILES string of the molecule is CCn1c(SCc2csc(-c3ccccc3Cl)n2)nnc1-c1csc2ccccc12. The number of hydrogen-bond acceptors (Lipinski definition) is 6. The Kier molecular flexibility index (Phi) is 5.60. The van der Waals surface area contributed by atoms with E-state index >= 15 is 0 Å². The standard InChI is InChI=1S/C22H17ClN4S3/c1-2-27-20(17-13-28-19-10-6-4-7-15(17)19)25-26-22(27)30-12-14-11-29-21(24-14)16-8-3-5-9-18(16)23/h3-11,13H,2,12H2,1H3. The first-order chi connectivity index (χ1) is 14.7. The lowest BCUT2D eigenvalue weighted by molar-refractivity contribution is 0.687. The number of halogens is 1. The zero-order valence-electron chi connectivity index (χ0n) is 16.1. The van der Waals surface area contributed by atoms with Gasteiger partial charge in [-0.1, -0.05) is 59.8 Å². The van der Waals surface area contributed by atoms with Gasteiger partial charge in [0.25, 0.3) is 0 Å². The second-order valence-electron chi connectivity index (χ2n) is 6.61. The van der Waals surface area contributed by atoms with Gasteiger partial charge in [-0.15, -0.1) is 32.9 Å². The third kappa shape index (κ3) is 3.67. The zero-order valence-corrected chi connectivity index (χ0v) is 19.3. The van der Waals surface area contributed by atoms with Crippen LogP contribution in [0.5, 0.6) is 0 Å². The van der Waals surface area contributed by atoms with Crippen molar-refractivity contribution >= 4 is 56.1 Å². The van der Waals surface area contributed by atoms with Crippen molar-refractivity contribution in [2.24, 2.45) is 0 Å². The van der Waals surface area contributed by atoms with Crippen LogP contribution in [0.25, 0.3) is 32.0 Å². The molecule has 0 N–H and O–H groups in total. The normalized spacial score (nSPS) is 11.4. The van der Waals surface area contributed by atoms with Gasteiger partial charge < -0.3 is 4.57 Å². The van der Waals surface area contributed by atoms with E-state index in [1.165, 1.54) is 10.1 Å². The molecule has 0 saturated heterocycles. The van der Waals surface area contributed by atoms with Crippen molar-refractivity contribution in [2.45, 2.75) is 24.4 Å². The lowest BCUT2D eigenvalue weighted by atomic mass is 10.1. The molecule has 2 aromatic carbocycles. The molecule has 0 unspecified atom stereocenters. The summed E-state index contributed by atoms with van der Waals surface area (Å²) in [5, 5.41) is 17.1. The molecule has 0 bridgehead atoms. The van der Waals surface area contributed by atoms with E-state index in [2.05, 4.69) is 56.7 Å². The van der Waals surface area contributed by atoms with E-state index in [0.717, 1.165) is 50.1 Å². The number of hydrogen-bond donors (Lipinski definition) is 0. The van der Waals surface area contributed by atoms with Gasteiger partial charge in [0.2, 0.25) is 0 Å². The van der Waals surface area contributed by atoms with Crippen molar-refractivity contribution in [2.75, 3.05) is 0 Å². The average molecular weight is 469 g/mol. The van der Waals surface area contributed by atoms with Crippen LogP contribution in [-0.4, -0.2) is 19.7 Å². The van der Waals surface area contributed by atoms with E-state index in [1.807, 2.05) is 24.3 Å². The Hall–Kier alpha value is -2.19. The van der Waals surface area contributed by atoms with E-state index < -0.39 is 0 Å². The van der Waals surface area contributed by atoms with E-state index in [4.69, 9.17) is 16.6 Å². The first-order valence-corrected chi connectivity index (χ1v) is 12.6. The molecular formula is C22H17ClN4S3. The minimum atomic E-state index is 0.726. The number of nitrogens with zero attached hydrogens (tertiary/aromatic N) is 4. The molecule has 0 aliphatic rings. The van der Waals surface area contributed by atoms with Crippen molar-refractivity contribution in [3.63, 3.8) is 0 Å². The molecule has 150 valence electrons. The third-order valence-corrected chi connectivity index (χ3v) is 7.98. The van der Waals surface area contributed by atoms with Gasteiger partial charge in [-0.05, 0) is 19.1 Å². The molecule has 8 heteroatoms. The number of benzene rings is 2. The maximum absolute atomic E-state index is 6.31. The molecule has 0 amide bonds. The summed E-state index contributed by atoms with van der Waals surface area (Å²) in [7, 11) is 0. The zero-order chi connectivity index (χ0) is 20.5. The molecule has 5 aromatic rings. The fourth-order valence-electron chi connectivity index (χ4n) is 3.30. The molecule has 5 rings (SSSR count). The molecular weight excluding hydrogens is 452 g/mol. The van der Waals surface area contributed by atoms with Crippen LogP contribution in [0.3, 0.4) is 0 Å². The van der Waals surface area contributed by atoms with Crippen LogP contribution < -0.4 is 0 Å². The van der Waals surface area contributed by atoms with Crippen LogP contribution in [0.2, 0.25) is 5.02 Å². The van der Waals surface area contributed by atoms with E-state index in [1.54, 1.807) is 34.4 Å². The first kappa shape index (κ1) is 19.8. The Morgan fingerprint density at radius 2 is 1.80 bits per heavy atom. The summed E-state index contributed by atoms with van der Waals surface area (Å²) in [4.78, 5) is 4.77. The first-order valence-electron chi connectivity index (χ1n) is 9.46. The van der Waals surface area contributed by atoms with Gasteiger partial charge in [0.05, 0.1) is 10.7 Å². The summed E-state index contributed by atoms with van der Waals surface area (Å²) in [5.74, 6) is 1.66. The van der Waals surface area contributed by atoms with Crippen LogP contribution in [0.4, 0.5) is 0 Å². The molecule has 0 spiro atoms. The van der Waals surface area contributed by atoms with E-state index in [0.29, 0.717) is 0 Å². The maximum atomic E-state index is 6.31. The summed E-state index contributed by atoms with van der Waals surface area (Å²) < 4.78 is 3.45. The summed E-state index contributed by atoms with van der Waals surface area (Å²) in [5.41, 5.74) is 3.14. The summed E-state index contributed by atoms with van der Waals surface area (Å²) in [6, 6.07) is 16.2. The van der Waals surface area contributed by atoms with Crippen molar-refractivity contribution in [3.05, 3.63) is 70.0 Å². The number of rotatable bonds is 6.